The average molecular weight is 310 g/mol. The molecule has 1 unspecified atom stereocenters. The van der Waals surface area contributed by atoms with Crippen LogP contribution in [0, 0.1) is 11.3 Å². The van der Waals surface area contributed by atoms with Crippen molar-refractivity contribution in [3.8, 4) is 0 Å². The van der Waals surface area contributed by atoms with Gasteiger partial charge in [0.2, 0.25) is 0 Å². The summed E-state index contributed by atoms with van der Waals surface area (Å²) in [5, 5.41) is 0. The van der Waals surface area contributed by atoms with Crippen molar-refractivity contribution >= 4 is 0 Å². The van der Waals surface area contributed by atoms with Crippen LogP contribution in [0.1, 0.15) is 79.1 Å². The minimum atomic E-state index is -4.05. The number of unbranched alkanes of at least 4 members (excludes halogenated alkanes) is 4. The van der Waals surface area contributed by atoms with E-state index in [1.54, 1.807) is 20.8 Å². The molecule has 0 radical (unpaired) electrons. The van der Waals surface area contributed by atoms with Gasteiger partial charge in [0.15, 0.2) is 0 Å². The zero-order valence-electron chi connectivity index (χ0n) is 14.2. The minimum absolute atomic E-state index is 0.275. The van der Waals surface area contributed by atoms with Crippen molar-refractivity contribution in [3.63, 3.8) is 0 Å². The number of alkyl halides is 3. The van der Waals surface area contributed by atoms with Gasteiger partial charge in [0, 0.05) is 13.2 Å². The van der Waals surface area contributed by atoms with Crippen molar-refractivity contribution in [1.29, 1.82) is 0 Å². The second-order valence-corrected chi connectivity index (χ2v) is 6.98. The van der Waals surface area contributed by atoms with E-state index in [9.17, 15) is 13.2 Å². The van der Waals surface area contributed by atoms with Gasteiger partial charge in [0.05, 0.1) is 5.92 Å². The molecule has 0 spiro atoms. The van der Waals surface area contributed by atoms with Gasteiger partial charge < -0.3 is 4.74 Å². The Balaban J connectivity index is 0.000000662. The lowest BCUT2D eigenvalue weighted by molar-refractivity contribution is -0.202. The summed E-state index contributed by atoms with van der Waals surface area (Å²) in [6, 6.07) is 0. The van der Waals surface area contributed by atoms with E-state index in [4.69, 9.17) is 4.74 Å². The predicted octanol–water partition coefficient (Wildman–Crippen LogP) is 6.37. The molecular weight excluding hydrogens is 277 g/mol. The molecule has 1 aliphatic heterocycles. The van der Waals surface area contributed by atoms with Gasteiger partial charge in [-0.25, -0.2) is 0 Å². The Bertz CT molecular complexity index is 218. The van der Waals surface area contributed by atoms with Gasteiger partial charge in [-0.2, -0.15) is 13.2 Å². The lowest BCUT2D eigenvalue weighted by Crippen LogP contribution is -2.34. The van der Waals surface area contributed by atoms with Gasteiger partial charge in [-0.15, -0.1) is 0 Å². The fraction of sp³-hybridized carbons (Fsp3) is 1.00. The summed E-state index contributed by atoms with van der Waals surface area (Å²) in [4.78, 5) is 0. The molecule has 1 aliphatic rings. The third-order valence-corrected chi connectivity index (χ3v) is 3.86. The predicted molar refractivity (Wildman–Crippen MR) is 82.4 cm³/mol. The van der Waals surface area contributed by atoms with E-state index in [-0.39, 0.29) is 6.42 Å². The molecule has 0 bridgehead atoms. The van der Waals surface area contributed by atoms with E-state index >= 15 is 0 Å². The molecule has 0 N–H and O–H groups in total. The first kappa shape index (κ1) is 20.8. The Morgan fingerprint density at radius 2 is 1.43 bits per heavy atom. The minimum Gasteiger partial charge on any atom is -0.381 e. The van der Waals surface area contributed by atoms with E-state index in [2.05, 4.69) is 6.92 Å². The molecule has 21 heavy (non-hydrogen) atoms. The maximum absolute atomic E-state index is 12.8. The van der Waals surface area contributed by atoms with Gasteiger partial charge in [-0.05, 0) is 24.7 Å². The molecule has 0 aromatic heterocycles. The molecule has 4 heteroatoms. The van der Waals surface area contributed by atoms with Gasteiger partial charge in [0.25, 0.3) is 0 Å². The molecule has 1 atom stereocenters. The molecule has 1 rings (SSSR count). The van der Waals surface area contributed by atoms with E-state index in [1.165, 1.54) is 12.8 Å². The summed E-state index contributed by atoms with van der Waals surface area (Å²) < 4.78 is 43.3. The van der Waals surface area contributed by atoms with Gasteiger partial charge in [-0.3, -0.25) is 0 Å². The smallest absolute Gasteiger partial charge is 0.381 e. The number of hydrogen-bond donors (Lipinski definition) is 0. The van der Waals surface area contributed by atoms with Crippen molar-refractivity contribution in [2.45, 2.75) is 85.2 Å². The van der Waals surface area contributed by atoms with Crippen molar-refractivity contribution in [3.05, 3.63) is 0 Å². The van der Waals surface area contributed by atoms with Crippen LogP contribution in [0.3, 0.4) is 0 Å². The van der Waals surface area contributed by atoms with Crippen LogP contribution in [0.25, 0.3) is 0 Å². The Kier molecular flexibility index (Phi) is 10.3. The second-order valence-electron chi connectivity index (χ2n) is 6.98. The van der Waals surface area contributed by atoms with Crippen molar-refractivity contribution in [1.82, 2.24) is 0 Å². The molecule has 0 saturated carbocycles. The first-order valence-corrected chi connectivity index (χ1v) is 8.34. The Hall–Kier alpha value is -0.250. The van der Waals surface area contributed by atoms with Crippen LogP contribution in [0.5, 0.6) is 0 Å². The maximum atomic E-state index is 12.8. The average Bonchev–Trinajstić information content (AvgIpc) is 2.89. The molecule has 1 fully saturated rings. The zero-order valence-corrected chi connectivity index (χ0v) is 14.2. The third kappa shape index (κ3) is 11.0. The van der Waals surface area contributed by atoms with Gasteiger partial charge >= 0.3 is 6.18 Å². The Morgan fingerprint density at radius 1 is 0.905 bits per heavy atom. The highest BCUT2D eigenvalue weighted by atomic mass is 19.4. The lowest BCUT2D eigenvalue weighted by Gasteiger charge is -2.32. The first-order valence-electron chi connectivity index (χ1n) is 8.34. The molecule has 1 nitrogen and oxygen atoms in total. The Labute approximate surface area is 128 Å². The highest BCUT2D eigenvalue weighted by Crippen LogP contribution is 2.42. The largest absolute Gasteiger partial charge is 0.392 e. The van der Waals surface area contributed by atoms with Crippen molar-refractivity contribution in [2.75, 3.05) is 13.2 Å². The number of halogens is 3. The van der Waals surface area contributed by atoms with Crippen LogP contribution in [-0.2, 0) is 4.74 Å². The maximum Gasteiger partial charge on any atom is 0.392 e. The van der Waals surface area contributed by atoms with E-state index in [1.807, 2.05) is 0 Å². The van der Waals surface area contributed by atoms with E-state index < -0.39 is 17.5 Å². The summed E-state index contributed by atoms with van der Waals surface area (Å²) >= 11 is 0. The number of hydrogen-bond acceptors (Lipinski definition) is 1. The second kappa shape index (κ2) is 10.5. The van der Waals surface area contributed by atoms with Crippen molar-refractivity contribution in [2.24, 2.45) is 11.3 Å². The van der Waals surface area contributed by atoms with Crippen molar-refractivity contribution < 1.29 is 17.9 Å². The van der Waals surface area contributed by atoms with Crippen LogP contribution in [-0.4, -0.2) is 19.4 Å². The first-order chi connectivity index (χ1) is 9.69. The Morgan fingerprint density at radius 3 is 1.76 bits per heavy atom. The van der Waals surface area contributed by atoms with Crippen LogP contribution >= 0.6 is 0 Å². The normalized spacial score (nSPS) is 17.3. The fourth-order valence-corrected chi connectivity index (χ4v) is 2.55. The third-order valence-electron chi connectivity index (χ3n) is 3.86. The number of ether oxygens (including phenoxy) is 1. The molecule has 1 saturated heterocycles. The summed E-state index contributed by atoms with van der Waals surface area (Å²) in [5.41, 5.74) is -0.678. The number of rotatable bonds is 6. The highest BCUT2D eigenvalue weighted by molar-refractivity contribution is 4.79. The quantitative estimate of drug-likeness (QED) is 0.518. The molecule has 1 heterocycles. The SMILES string of the molecule is C1CCOC1.CCCCCCCC(C(C)(C)C)C(F)(F)F. The molecule has 0 amide bonds. The topological polar surface area (TPSA) is 9.23 Å². The van der Waals surface area contributed by atoms with Crippen LogP contribution in [0.4, 0.5) is 13.2 Å². The summed E-state index contributed by atoms with van der Waals surface area (Å²) in [5.74, 6) is -1.17. The molecular formula is C17H33F3O. The lowest BCUT2D eigenvalue weighted by atomic mass is 9.77. The molecule has 0 aromatic carbocycles. The highest BCUT2D eigenvalue weighted by Gasteiger charge is 2.45. The molecule has 0 aliphatic carbocycles. The van der Waals surface area contributed by atoms with Crippen LogP contribution < -0.4 is 0 Å². The zero-order chi connectivity index (χ0) is 16.4. The summed E-state index contributed by atoms with van der Waals surface area (Å²) in [6.45, 7) is 9.14. The standard InChI is InChI=1S/C13H25F3.C4H8O/c1-5-6-7-8-9-10-11(12(2,3)4)13(14,15)16;1-2-4-5-3-1/h11H,5-10H2,1-4H3;1-4H2. The van der Waals surface area contributed by atoms with E-state index in [0.717, 1.165) is 38.9 Å². The van der Waals surface area contributed by atoms with Crippen LogP contribution in [0.15, 0.2) is 0 Å². The molecule has 0 aromatic rings. The monoisotopic (exact) mass is 310 g/mol. The fourth-order valence-electron chi connectivity index (χ4n) is 2.55. The van der Waals surface area contributed by atoms with E-state index in [0.29, 0.717) is 6.42 Å². The van der Waals surface area contributed by atoms with Gasteiger partial charge in [0.1, 0.15) is 0 Å². The van der Waals surface area contributed by atoms with Gasteiger partial charge in [-0.1, -0.05) is 59.8 Å². The summed E-state index contributed by atoms with van der Waals surface area (Å²) in [7, 11) is 0. The molecule has 128 valence electrons. The summed E-state index contributed by atoms with van der Waals surface area (Å²) in [6.07, 6.45) is 3.72. The van der Waals surface area contributed by atoms with Crippen LogP contribution in [0.2, 0.25) is 0 Å².